The van der Waals surface area contributed by atoms with Gasteiger partial charge in [-0.25, -0.2) is 0 Å². The second kappa shape index (κ2) is 6.38. The van der Waals surface area contributed by atoms with E-state index in [2.05, 4.69) is 31.1 Å². The molecule has 0 unspecified atom stereocenters. The summed E-state index contributed by atoms with van der Waals surface area (Å²) in [6.45, 7) is 8.43. The number of rotatable bonds is 7. The van der Waals surface area contributed by atoms with Crippen LogP contribution >= 0.6 is 0 Å². The van der Waals surface area contributed by atoms with Gasteiger partial charge in [0.2, 0.25) is 0 Å². The third-order valence-electron chi connectivity index (χ3n) is 5.02. The van der Waals surface area contributed by atoms with E-state index in [4.69, 9.17) is 0 Å². The van der Waals surface area contributed by atoms with Crippen LogP contribution in [0.2, 0.25) is 0 Å². The molecule has 2 aliphatic rings. The summed E-state index contributed by atoms with van der Waals surface area (Å²) in [6.07, 6.45) is 9.87. The summed E-state index contributed by atoms with van der Waals surface area (Å²) in [4.78, 5) is 2.64. The smallest absolute Gasteiger partial charge is 0.00936 e. The topological polar surface area (TPSA) is 15.3 Å². The van der Waals surface area contributed by atoms with Crippen LogP contribution in [0.25, 0.3) is 0 Å². The monoisotopic (exact) mass is 252 g/mol. The second-order valence-corrected chi connectivity index (χ2v) is 7.01. The van der Waals surface area contributed by atoms with E-state index >= 15 is 0 Å². The van der Waals surface area contributed by atoms with E-state index in [9.17, 15) is 0 Å². The minimum atomic E-state index is 0.568. The maximum absolute atomic E-state index is 3.70. The van der Waals surface area contributed by atoms with Crippen molar-refractivity contribution < 1.29 is 0 Å². The fraction of sp³-hybridized carbons (Fsp3) is 1.00. The summed E-state index contributed by atoms with van der Waals surface area (Å²) in [6, 6.07) is 0.910. The highest BCUT2D eigenvalue weighted by atomic mass is 15.2. The summed E-state index contributed by atoms with van der Waals surface area (Å²) >= 11 is 0. The first-order valence-corrected chi connectivity index (χ1v) is 8.06. The van der Waals surface area contributed by atoms with Crippen LogP contribution in [0.15, 0.2) is 0 Å². The van der Waals surface area contributed by atoms with Gasteiger partial charge in [0.25, 0.3) is 0 Å². The lowest BCUT2D eigenvalue weighted by molar-refractivity contribution is 0.0957. The van der Waals surface area contributed by atoms with Crippen molar-refractivity contribution in [2.24, 2.45) is 11.3 Å². The molecule has 2 saturated carbocycles. The molecule has 2 fully saturated rings. The average molecular weight is 252 g/mol. The molecule has 0 aromatic carbocycles. The predicted molar refractivity (Wildman–Crippen MR) is 78.9 cm³/mol. The van der Waals surface area contributed by atoms with Crippen molar-refractivity contribution in [2.45, 2.75) is 64.8 Å². The van der Waals surface area contributed by atoms with E-state index in [1.165, 1.54) is 64.6 Å². The Kier molecular flexibility index (Phi) is 5.08. The summed E-state index contributed by atoms with van der Waals surface area (Å²) in [7, 11) is 2.34. The zero-order valence-electron chi connectivity index (χ0n) is 12.7. The maximum Gasteiger partial charge on any atom is 0.00936 e. The molecule has 18 heavy (non-hydrogen) atoms. The molecule has 0 atom stereocenters. The molecule has 2 heteroatoms. The Labute approximate surface area is 114 Å². The molecule has 0 aromatic rings. The minimum absolute atomic E-state index is 0.568. The Morgan fingerprint density at radius 2 is 1.83 bits per heavy atom. The molecule has 0 spiro atoms. The average Bonchev–Trinajstić information content (AvgIpc) is 3.17. The Morgan fingerprint density at radius 3 is 2.39 bits per heavy atom. The molecular formula is C16H32N2. The zero-order valence-corrected chi connectivity index (χ0v) is 12.7. The Bertz CT molecular complexity index is 239. The fourth-order valence-corrected chi connectivity index (χ4v) is 3.47. The SMILES string of the molecule is CCCNCC1(CN(C)C2CC2)CCC(C)CC1. The van der Waals surface area contributed by atoms with Crippen molar-refractivity contribution in [3.63, 3.8) is 0 Å². The van der Waals surface area contributed by atoms with E-state index in [-0.39, 0.29) is 0 Å². The quantitative estimate of drug-likeness (QED) is 0.700. The molecule has 106 valence electrons. The van der Waals surface area contributed by atoms with Gasteiger partial charge in [-0.1, -0.05) is 26.7 Å². The lowest BCUT2D eigenvalue weighted by Gasteiger charge is -2.42. The summed E-state index contributed by atoms with van der Waals surface area (Å²) in [5.74, 6) is 0.954. The zero-order chi connectivity index (χ0) is 13.0. The molecule has 1 N–H and O–H groups in total. The molecule has 0 bridgehead atoms. The van der Waals surface area contributed by atoms with Crippen LogP contribution in [0.3, 0.4) is 0 Å². The Hall–Kier alpha value is -0.0800. The molecule has 0 radical (unpaired) electrons. The van der Waals surface area contributed by atoms with Crippen molar-refractivity contribution in [3.05, 3.63) is 0 Å². The highest BCUT2D eigenvalue weighted by Crippen LogP contribution is 2.40. The number of hydrogen-bond acceptors (Lipinski definition) is 2. The number of nitrogens with zero attached hydrogens (tertiary/aromatic N) is 1. The Balaban J connectivity index is 1.88. The van der Waals surface area contributed by atoms with Gasteiger partial charge in [0.1, 0.15) is 0 Å². The van der Waals surface area contributed by atoms with Gasteiger partial charge in [-0.15, -0.1) is 0 Å². The van der Waals surface area contributed by atoms with Crippen molar-refractivity contribution in [1.29, 1.82) is 0 Å². The van der Waals surface area contributed by atoms with Crippen molar-refractivity contribution in [2.75, 3.05) is 26.7 Å². The molecule has 0 heterocycles. The van der Waals surface area contributed by atoms with E-state index in [1.807, 2.05) is 0 Å². The van der Waals surface area contributed by atoms with E-state index in [0.29, 0.717) is 5.41 Å². The minimum Gasteiger partial charge on any atom is -0.316 e. The molecule has 0 aromatic heterocycles. The highest BCUT2D eigenvalue weighted by Gasteiger charge is 2.37. The molecule has 2 aliphatic carbocycles. The van der Waals surface area contributed by atoms with Gasteiger partial charge in [0.15, 0.2) is 0 Å². The van der Waals surface area contributed by atoms with Crippen LogP contribution in [-0.4, -0.2) is 37.6 Å². The lowest BCUT2D eigenvalue weighted by atomic mass is 9.70. The molecule has 0 amide bonds. The number of hydrogen-bond donors (Lipinski definition) is 1. The van der Waals surface area contributed by atoms with Crippen molar-refractivity contribution in [1.82, 2.24) is 10.2 Å². The van der Waals surface area contributed by atoms with Crippen LogP contribution in [0, 0.1) is 11.3 Å². The van der Waals surface area contributed by atoms with Gasteiger partial charge >= 0.3 is 0 Å². The lowest BCUT2D eigenvalue weighted by Crippen LogP contribution is -2.45. The third-order valence-corrected chi connectivity index (χ3v) is 5.02. The largest absolute Gasteiger partial charge is 0.316 e. The van der Waals surface area contributed by atoms with Crippen LogP contribution in [0.4, 0.5) is 0 Å². The van der Waals surface area contributed by atoms with Gasteiger partial charge in [-0.3, -0.25) is 0 Å². The second-order valence-electron chi connectivity index (χ2n) is 7.01. The first-order chi connectivity index (χ1) is 8.65. The van der Waals surface area contributed by atoms with Gasteiger partial charge in [-0.2, -0.15) is 0 Å². The molecule has 2 nitrogen and oxygen atoms in total. The van der Waals surface area contributed by atoms with Gasteiger partial charge in [0.05, 0.1) is 0 Å². The van der Waals surface area contributed by atoms with Crippen molar-refractivity contribution >= 4 is 0 Å². The maximum atomic E-state index is 3.70. The van der Waals surface area contributed by atoms with Crippen LogP contribution in [0.5, 0.6) is 0 Å². The van der Waals surface area contributed by atoms with E-state index in [1.54, 1.807) is 0 Å². The molecule has 2 rings (SSSR count). The van der Waals surface area contributed by atoms with E-state index in [0.717, 1.165) is 12.0 Å². The van der Waals surface area contributed by atoms with E-state index < -0.39 is 0 Å². The van der Waals surface area contributed by atoms with Crippen molar-refractivity contribution in [3.8, 4) is 0 Å². The summed E-state index contributed by atoms with van der Waals surface area (Å²) < 4.78 is 0. The first-order valence-electron chi connectivity index (χ1n) is 8.06. The first kappa shape index (κ1) is 14.3. The fourth-order valence-electron chi connectivity index (χ4n) is 3.47. The van der Waals surface area contributed by atoms with Crippen LogP contribution in [-0.2, 0) is 0 Å². The molecule has 0 aliphatic heterocycles. The van der Waals surface area contributed by atoms with Crippen LogP contribution in [0.1, 0.15) is 58.8 Å². The third kappa shape index (κ3) is 3.96. The Morgan fingerprint density at radius 1 is 1.17 bits per heavy atom. The highest BCUT2D eigenvalue weighted by molar-refractivity contribution is 4.92. The summed E-state index contributed by atoms with van der Waals surface area (Å²) in [5, 5.41) is 3.70. The normalized spacial score (nSPS) is 33.0. The van der Waals surface area contributed by atoms with Gasteiger partial charge in [0, 0.05) is 19.1 Å². The molecular weight excluding hydrogens is 220 g/mol. The standard InChI is InChI=1S/C16H32N2/c1-4-11-17-12-16(9-7-14(2)8-10-16)13-18(3)15-5-6-15/h14-15,17H,4-13H2,1-3H3. The number of nitrogens with one attached hydrogen (secondary N) is 1. The predicted octanol–water partition coefficient (Wildman–Crippen LogP) is 3.28. The van der Waals surface area contributed by atoms with Gasteiger partial charge < -0.3 is 10.2 Å². The summed E-state index contributed by atoms with van der Waals surface area (Å²) in [5.41, 5.74) is 0.568. The van der Waals surface area contributed by atoms with Gasteiger partial charge in [-0.05, 0) is 57.0 Å². The van der Waals surface area contributed by atoms with Crippen LogP contribution < -0.4 is 5.32 Å². The molecule has 0 saturated heterocycles.